The third-order valence-corrected chi connectivity index (χ3v) is 6.21. The molecule has 150 valence electrons. The molecule has 1 fully saturated rings. The van der Waals surface area contributed by atoms with Gasteiger partial charge in [-0.1, -0.05) is 30.3 Å². The Bertz CT molecular complexity index is 934. The van der Waals surface area contributed by atoms with Gasteiger partial charge in [-0.2, -0.15) is 0 Å². The van der Waals surface area contributed by atoms with Gasteiger partial charge in [-0.15, -0.1) is 0 Å². The first-order chi connectivity index (χ1) is 14.2. The Hall–Kier alpha value is -2.57. The average Bonchev–Trinajstić information content (AvgIpc) is 3.18. The van der Waals surface area contributed by atoms with Crippen LogP contribution in [-0.4, -0.2) is 28.7 Å². The monoisotopic (exact) mass is 407 g/mol. The van der Waals surface area contributed by atoms with E-state index in [2.05, 4.69) is 33.8 Å². The zero-order valence-corrected chi connectivity index (χ0v) is 17.3. The van der Waals surface area contributed by atoms with Crippen molar-refractivity contribution in [2.45, 2.75) is 31.2 Å². The predicted molar refractivity (Wildman–Crippen MR) is 116 cm³/mol. The van der Waals surface area contributed by atoms with Crippen molar-refractivity contribution in [2.24, 2.45) is 5.92 Å². The molecule has 1 amide bonds. The number of aromatic nitrogens is 2. The summed E-state index contributed by atoms with van der Waals surface area (Å²) in [6, 6.07) is 18.3. The third-order valence-electron chi connectivity index (χ3n) is 5.16. The van der Waals surface area contributed by atoms with Crippen molar-refractivity contribution in [1.29, 1.82) is 0 Å². The summed E-state index contributed by atoms with van der Waals surface area (Å²) in [5.41, 5.74) is 2.12. The van der Waals surface area contributed by atoms with E-state index in [1.807, 2.05) is 54.0 Å². The maximum atomic E-state index is 13.3. The van der Waals surface area contributed by atoms with Crippen LogP contribution < -0.4 is 4.31 Å². The largest absolute Gasteiger partial charge is 0.381 e. The van der Waals surface area contributed by atoms with Crippen molar-refractivity contribution < 1.29 is 9.53 Å². The summed E-state index contributed by atoms with van der Waals surface area (Å²) in [7, 11) is 0. The molecule has 0 unspecified atom stereocenters. The molecule has 1 aliphatic rings. The van der Waals surface area contributed by atoms with E-state index in [0.717, 1.165) is 35.8 Å². The molecule has 0 aliphatic carbocycles. The van der Waals surface area contributed by atoms with Crippen LogP contribution in [0.3, 0.4) is 0 Å². The van der Waals surface area contributed by atoms with E-state index >= 15 is 0 Å². The molecule has 0 atom stereocenters. The van der Waals surface area contributed by atoms with Gasteiger partial charge in [0.2, 0.25) is 5.91 Å². The van der Waals surface area contributed by atoms with Gasteiger partial charge in [0.15, 0.2) is 0 Å². The number of nitrogens with zero attached hydrogens (tertiary/aromatic N) is 3. The zero-order valence-electron chi connectivity index (χ0n) is 16.5. The number of carbonyl (C=O) groups is 1. The summed E-state index contributed by atoms with van der Waals surface area (Å²) in [6.07, 6.45) is 5.37. The summed E-state index contributed by atoms with van der Waals surface area (Å²) in [4.78, 5) is 18.6. The number of para-hydroxylation sites is 1. The summed E-state index contributed by atoms with van der Waals surface area (Å²) in [5, 5.41) is 0. The fourth-order valence-corrected chi connectivity index (χ4v) is 4.36. The van der Waals surface area contributed by atoms with Crippen molar-refractivity contribution in [3.05, 3.63) is 78.4 Å². The van der Waals surface area contributed by atoms with Gasteiger partial charge in [-0.05, 0) is 61.5 Å². The van der Waals surface area contributed by atoms with Crippen molar-refractivity contribution in [3.8, 4) is 0 Å². The lowest BCUT2D eigenvalue weighted by Crippen LogP contribution is -2.34. The Morgan fingerprint density at radius 3 is 2.52 bits per heavy atom. The average molecular weight is 408 g/mol. The molecule has 6 heteroatoms. The number of hydrogen-bond acceptors (Lipinski definition) is 4. The van der Waals surface area contributed by atoms with Crippen molar-refractivity contribution >= 4 is 23.5 Å². The second-order valence-electron chi connectivity index (χ2n) is 7.19. The highest BCUT2D eigenvalue weighted by Gasteiger charge is 2.28. The molecule has 0 spiro atoms. The first-order valence-electron chi connectivity index (χ1n) is 9.92. The topological polar surface area (TPSA) is 47.4 Å². The molecule has 0 N–H and O–H groups in total. The van der Waals surface area contributed by atoms with Crippen molar-refractivity contribution in [3.63, 3.8) is 0 Å². The van der Waals surface area contributed by atoms with E-state index in [9.17, 15) is 4.79 Å². The molecule has 0 bridgehead atoms. The summed E-state index contributed by atoms with van der Waals surface area (Å²) in [6.45, 7) is 4.11. The van der Waals surface area contributed by atoms with Crippen molar-refractivity contribution in [2.75, 3.05) is 17.5 Å². The van der Waals surface area contributed by atoms with Gasteiger partial charge in [-0.3, -0.25) is 4.79 Å². The van der Waals surface area contributed by atoms with E-state index in [0.29, 0.717) is 13.2 Å². The molecular weight excluding hydrogens is 382 g/mol. The fraction of sp³-hybridized carbons (Fsp3) is 0.304. The van der Waals surface area contributed by atoms with Crippen LogP contribution in [0.2, 0.25) is 0 Å². The number of anilines is 1. The zero-order chi connectivity index (χ0) is 20.1. The molecule has 5 nitrogen and oxygen atoms in total. The summed E-state index contributed by atoms with van der Waals surface area (Å²) < 4.78 is 9.39. The molecule has 2 aromatic carbocycles. The molecule has 1 saturated heterocycles. The van der Waals surface area contributed by atoms with Crippen LogP contribution >= 0.6 is 11.9 Å². The molecule has 0 radical (unpaired) electrons. The third kappa shape index (κ3) is 4.89. The lowest BCUT2D eigenvalue weighted by atomic mass is 9.99. The van der Waals surface area contributed by atoms with Crippen LogP contribution in [0.4, 0.5) is 5.69 Å². The number of rotatable bonds is 6. The molecule has 2 heterocycles. The molecule has 4 rings (SSSR count). The molecule has 29 heavy (non-hydrogen) atoms. The Labute approximate surface area is 175 Å². The molecule has 1 aliphatic heterocycles. The van der Waals surface area contributed by atoms with Crippen LogP contribution in [0.5, 0.6) is 0 Å². The highest BCUT2D eigenvalue weighted by atomic mass is 32.2. The number of ether oxygens (including phenoxy) is 1. The Kier molecular flexibility index (Phi) is 6.32. The molecule has 0 saturated carbocycles. The first-order valence-corrected chi connectivity index (χ1v) is 10.7. The summed E-state index contributed by atoms with van der Waals surface area (Å²) in [5.74, 6) is 1.17. The second-order valence-corrected chi connectivity index (χ2v) is 8.21. The molecule has 1 aromatic heterocycles. The predicted octanol–water partition coefficient (Wildman–Crippen LogP) is 4.71. The van der Waals surface area contributed by atoms with Crippen LogP contribution in [0.25, 0.3) is 0 Å². The van der Waals surface area contributed by atoms with Crippen LogP contribution in [-0.2, 0) is 16.1 Å². The summed E-state index contributed by atoms with van der Waals surface area (Å²) >= 11 is 1.49. The van der Waals surface area contributed by atoms with Gasteiger partial charge >= 0.3 is 0 Å². The minimum absolute atomic E-state index is 0.0138. The highest BCUT2D eigenvalue weighted by molar-refractivity contribution is 8.01. The number of carbonyl (C=O) groups excluding carboxylic acids is 1. The fourth-order valence-electron chi connectivity index (χ4n) is 3.43. The van der Waals surface area contributed by atoms with E-state index in [4.69, 9.17) is 4.74 Å². The van der Waals surface area contributed by atoms with Gasteiger partial charge in [0.25, 0.3) is 0 Å². The maximum Gasteiger partial charge on any atom is 0.240 e. The van der Waals surface area contributed by atoms with Crippen LogP contribution in [0, 0.1) is 12.8 Å². The van der Waals surface area contributed by atoms with E-state index in [1.165, 1.54) is 17.5 Å². The van der Waals surface area contributed by atoms with Crippen LogP contribution in [0.1, 0.15) is 24.2 Å². The maximum absolute atomic E-state index is 13.3. The van der Waals surface area contributed by atoms with Gasteiger partial charge in [0.05, 0.1) is 5.69 Å². The number of aryl methyl sites for hydroxylation is 1. The van der Waals surface area contributed by atoms with Gasteiger partial charge < -0.3 is 9.30 Å². The quantitative estimate of drug-likeness (QED) is 0.556. The van der Waals surface area contributed by atoms with E-state index in [1.54, 1.807) is 0 Å². The Morgan fingerprint density at radius 2 is 1.86 bits per heavy atom. The lowest BCUT2D eigenvalue weighted by molar-refractivity contribution is -0.123. The molecular formula is C23H25N3O2S. The number of imidazole rings is 1. The van der Waals surface area contributed by atoms with Crippen molar-refractivity contribution in [1.82, 2.24) is 9.55 Å². The Morgan fingerprint density at radius 1 is 1.14 bits per heavy atom. The first kappa shape index (κ1) is 19.7. The van der Waals surface area contributed by atoms with E-state index in [-0.39, 0.29) is 11.8 Å². The highest BCUT2D eigenvalue weighted by Crippen LogP contribution is 2.32. The SMILES string of the molecule is Cc1nccn1Cc1ccc(SN(C(=O)C2CCOCC2)c2ccccc2)cc1. The number of amides is 1. The van der Waals surface area contributed by atoms with Gasteiger partial charge in [-0.25, -0.2) is 9.29 Å². The minimum atomic E-state index is 0.0138. The smallest absolute Gasteiger partial charge is 0.240 e. The standard InChI is InChI=1S/C23H25N3O2S/c1-18-24-13-14-25(18)17-19-7-9-22(10-8-19)29-26(21-5-3-2-4-6-21)23(27)20-11-15-28-16-12-20/h2-10,13-14,20H,11-12,15-17H2,1H3. The number of benzene rings is 2. The minimum Gasteiger partial charge on any atom is -0.381 e. The van der Waals surface area contributed by atoms with E-state index < -0.39 is 0 Å². The lowest BCUT2D eigenvalue weighted by Gasteiger charge is -2.28. The molecule has 3 aromatic rings. The second kappa shape index (κ2) is 9.29. The van der Waals surface area contributed by atoms with Crippen LogP contribution in [0.15, 0.2) is 71.9 Å². The normalized spacial score (nSPS) is 14.7. The number of hydrogen-bond donors (Lipinski definition) is 0. The van der Waals surface area contributed by atoms with Gasteiger partial charge in [0, 0.05) is 43.0 Å². The Balaban J connectivity index is 1.51. The van der Waals surface area contributed by atoms with Gasteiger partial charge in [0.1, 0.15) is 5.82 Å².